The fourth-order valence-electron chi connectivity index (χ4n) is 3.64. The van der Waals surface area contributed by atoms with E-state index in [0.29, 0.717) is 16.8 Å². The standard InChI is InChI=1S/C25H20F3N5O2/c1-29-23(34)18-13-32-21-11-19(25(26,27)28)16(14-8-9-20(31-12-14)24(35)30-2)10-17(21)22(18)33-15-6-4-3-5-7-15/h3-13H,1-2H3,(H,29,34)(H,30,35)(H,32,33). The first-order valence-electron chi connectivity index (χ1n) is 10.5. The quantitative estimate of drug-likeness (QED) is 0.383. The number of hydrogen-bond acceptors (Lipinski definition) is 5. The number of hydrogen-bond donors (Lipinski definition) is 3. The summed E-state index contributed by atoms with van der Waals surface area (Å²) in [7, 11) is 2.89. The van der Waals surface area contributed by atoms with Gasteiger partial charge in [0, 0.05) is 43.1 Å². The highest BCUT2D eigenvalue weighted by molar-refractivity contribution is 6.09. The van der Waals surface area contributed by atoms with Gasteiger partial charge in [0.25, 0.3) is 11.8 Å². The molecule has 0 spiro atoms. The van der Waals surface area contributed by atoms with E-state index >= 15 is 0 Å². The molecule has 35 heavy (non-hydrogen) atoms. The van der Waals surface area contributed by atoms with Gasteiger partial charge in [-0.05, 0) is 35.9 Å². The van der Waals surface area contributed by atoms with Gasteiger partial charge >= 0.3 is 6.18 Å². The van der Waals surface area contributed by atoms with Crippen LogP contribution in [-0.2, 0) is 6.18 Å². The molecular weight excluding hydrogens is 459 g/mol. The first kappa shape index (κ1) is 23.7. The summed E-state index contributed by atoms with van der Waals surface area (Å²) in [5.41, 5.74) is 0.333. The van der Waals surface area contributed by atoms with Crippen molar-refractivity contribution < 1.29 is 22.8 Å². The van der Waals surface area contributed by atoms with Crippen molar-refractivity contribution in [3.05, 3.63) is 83.8 Å². The van der Waals surface area contributed by atoms with Gasteiger partial charge in [-0.3, -0.25) is 19.6 Å². The van der Waals surface area contributed by atoms with Crippen molar-refractivity contribution in [2.24, 2.45) is 0 Å². The minimum absolute atomic E-state index is 0.0575. The molecule has 0 aliphatic heterocycles. The monoisotopic (exact) mass is 479 g/mol. The minimum atomic E-state index is -4.68. The highest BCUT2D eigenvalue weighted by atomic mass is 19.4. The molecule has 4 rings (SSSR count). The second-order valence-corrected chi connectivity index (χ2v) is 7.54. The Morgan fingerprint density at radius 3 is 2.17 bits per heavy atom. The third kappa shape index (κ3) is 4.77. The van der Waals surface area contributed by atoms with Gasteiger partial charge < -0.3 is 16.0 Å². The largest absolute Gasteiger partial charge is 0.417 e. The predicted molar refractivity (Wildman–Crippen MR) is 126 cm³/mol. The van der Waals surface area contributed by atoms with E-state index in [-0.39, 0.29) is 27.9 Å². The second kappa shape index (κ2) is 9.41. The maximum atomic E-state index is 14.0. The molecule has 0 radical (unpaired) electrons. The SMILES string of the molecule is CNC(=O)c1ccc(-c2cc3c(Nc4ccccc4)c(C(=O)NC)cnc3cc2C(F)(F)F)cn1. The molecule has 0 aliphatic rings. The van der Waals surface area contributed by atoms with Crippen molar-refractivity contribution >= 4 is 34.1 Å². The molecule has 2 aromatic carbocycles. The molecule has 0 atom stereocenters. The van der Waals surface area contributed by atoms with E-state index < -0.39 is 23.6 Å². The summed E-state index contributed by atoms with van der Waals surface area (Å²) in [6.45, 7) is 0. The summed E-state index contributed by atoms with van der Waals surface area (Å²) >= 11 is 0. The Bertz CT molecular complexity index is 1410. The number of para-hydroxylation sites is 1. The van der Waals surface area contributed by atoms with Crippen LogP contribution in [0, 0.1) is 0 Å². The van der Waals surface area contributed by atoms with Crippen LogP contribution in [0.4, 0.5) is 24.5 Å². The lowest BCUT2D eigenvalue weighted by Gasteiger charge is -2.18. The number of fused-ring (bicyclic) bond motifs is 1. The first-order chi connectivity index (χ1) is 16.7. The van der Waals surface area contributed by atoms with Gasteiger partial charge in [0.15, 0.2) is 0 Å². The van der Waals surface area contributed by atoms with E-state index in [9.17, 15) is 22.8 Å². The van der Waals surface area contributed by atoms with Crippen molar-refractivity contribution in [3.63, 3.8) is 0 Å². The molecule has 3 N–H and O–H groups in total. The Morgan fingerprint density at radius 1 is 0.857 bits per heavy atom. The highest BCUT2D eigenvalue weighted by Crippen LogP contribution is 2.41. The van der Waals surface area contributed by atoms with Gasteiger partial charge in [-0.25, -0.2) is 0 Å². The van der Waals surface area contributed by atoms with Crippen LogP contribution in [-0.4, -0.2) is 35.9 Å². The Labute approximate surface area is 198 Å². The number of anilines is 2. The van der Waals surface area contributed by atoms with E-state index in [1.54, 1.807) is 24.3 Å². The molecule has 0 saturated heterocycles. The number of alkyl halides is 3. The number of rotatable bonds is 5. The Kier molecular flexibility index (Phi) is 6.37. The van der Waals surface area contributed by atoms with Gasteiger partial charge in [0.05, 0.1) is 22.3 Å². The number of aromatic nitrogens is 2. The maximum absolute atomic E-state index is 14.0. The molecule has 2 aromatic heterocycles. The van der Waals surface area contributed by atoms with Crippen molar-refractivity contribution in [1.82, 2.24) is 20.6 Å². The number of halogens is 3. The number of amides is 2. The fourth-order valence-corrected chi connectivity index (χ4v) is 3.64. The average molecular weight is 479 g/mol. The molecule has 7 nitrogen and oxygen atoms in total. The van der Waals surface area contributed by atoms with Crippen LogP contribution < -0.4 is 16.0 Å². The zero-order valence-electron chi connectivity index (χ0n) is 18.7. The molecule has 2 amide bonds. The topological polar surface area (TPSA) is 96.0 Å². The first-order valence-corrected chi connectivity index (χ1v) is 10.5. The van der Waals surface area contributed by atoms with Crippen LogP contribution >= 0.6 is 0 Å². The molecule has 0 aliphatic carbocycles. The zero-order chi connectivity index (χ0) is 25.2. The lowest BCUT2D eigenvalue weighted by atomic mass is 9.96. The zero-order valence-corrected chi connectivity index (χ0v) is 18.7. The summed E-state index contributed by atoms with van der Waals surface area (Å²) in [5, 5.41) is 8.41. The van der Waals surface area contributed by atoms with Crippen LogP contribution in [0.2, 0.25) is 0 Å². The molecule has 0 saturated carbocycles. The van der Waals surface area contributed by atoms with Crippen LogP contribution in [0.5, 0.6) is 0 Å². The predicted octanol–water partition coefficient (Wildman–Crippen LogP) is 4.78. The smallest absolute Gasteiger partial charge is 0.355 e. The summed E-state index contributed by atoms with van der Waals surface area (Å²) < 4.78 is 42.1. The Balaban J connectivity index is 1.98. The van der Waals surface area contributed by atoms with Crippen LogP contribution in [0.1, 0.15) is 26.4 Å². The van der Waals surface area contributed by atoms with Crippen molar-refractivity contribution in [3.8, 4) is 11.1 Å². The van der Waals surface area contributed by atoms with E-state index in [0.717, 1.165) is 6.07 Å². The molecule has 0 fully saturated rings. The van der Waals surface area contributed by atoms with Crippen LogP contribution in [0.15, 0.2) is 67.0 Å². The Hall–Kier alpha value is -4.47. The fraction of sp³-hybridized carbons (Fsp3) is 0.120. The molecule has 0 unspecified atom stereocenters. The lowest BCUT2D eigenvalue weighted by molar-refractivity contribution is -0.137. The third-order valence-corrected chi connectivity index (χ3v) is 5.36. The molecular formula is C25H20F3N5O2. The molecule has 178 valence electrons. The number of benzene rings is 2. The molecule has 0 bridgehead atoms. The summed E-state index contributed by atoms with van der Waals surface area (Å²) in [6.07, 6.45) is -2.23. The van der Waals surface area contributed by atoms with E-state index in [1.807, 2.05) is 6.07 Å². The van der Waals surface area contributed by atoms with E-state index in [2.05, 4.69) is 25.9 Å². The Morgan fingerprint density at radius 2 is 1.57 bits per heavy atom. The van der Waals surface area contributed by atoms with Gasteiger partial charge in [0.1, 0.15) is 5.69 Å². The normalized spacial score (nSPS) is 11.2. The van der Waals surface area contributed by atoms with Crippen LogP contribution in [0.25, 0.3) is 22.0 Å². The van der Waals surface area contributed by atoms with Gasteiger partial charge in [-0.2, -0.15) is 13.2 Å². The van der Waals surface area contributed by atoms with Crippen molar-refractivity contribution in [2.75, 3.05) is 19.4 Å². The molecule has 2 heterocycles. The highest BCUT2D eigenvalue weighted by Gasteiger charge is 2.35. The maximum Gasteiger partial charge on any atom is 0.417 e. The van der Waals surface area contributed by atoms with Gasteiger partial charge in [-0.15, -0.1) is 0 Å². The number of carbonyl (C=O) groups excluding carboxylic acids is 2. The number of carbonyl (C=O) groups is 2. The van der Waals surface area contributed by atoms with Crippen molar-refractivity contribution in [1.29, 1.82) is 0 Å². The summed E-state index contributed by atoms with van der Waals surface area (Å²) in [4.78, 5) is 32.5. The van der Waals surface area contributed by atoms with Gasteiger partial charge in [-0.1, -0.05) is 24.3 Å². The minimum Gasteiger partial charge on any atom is -0.355 e. The van der Waals surface area contributed by atoms with Gasteiger partial charge in [0.2, 0.25) is 0 Å². The molecule has 10 heteroatoms. The average Bonchev–Trinajstić information content (AvgIpc) is 2.87. The number of nitrogens with one attached hydrogen (secondary N) is 3. The third-order valence-electron chi connectivity index (χ3n) is 5.36. The second-order valence-electron chi connectivity index (χ2n) is 7.54. The summed E-state index contributed by atoms with van der Waals surface area (Å²) in [6, 6.07) is 14.0. The molecule has 4 aromatic rings. The van der Waals surface area contributed by atoms with E-state index in [4.69, 9.17) is 0 Å². The summed E-state index contributed by atoms with van der Waals surface area (Å²) in [5.74, 6) is -0.907. The van der Waals surface area contributed by atoms with Crippen molar-refractivity contribution in [2.45, 2.75) is 6.18 Å². The number of pyridine rings is 2. The van der Waals surface area contributed by atoms with E-state index in [1.165, 1.54) is 44.7 Å². The van der Waals surface area contributed by atoms with Crippen LogP contribution in [0.3, 0.4) is 0 Å². The number of nitrogens with zero attached hydrogens (tertiary/aromatic N) is 2. The lowest BCUT2D eigenvalue weighted by Crippen LogP contribution is -2.20.